The van der Waals surface area contributed by atoms with Crippen LogP contribution in [0.25, 0.3) is 0 Å². The zero-order valence-corrected chi connectivity index (χ0v) is 8.63. The largest absolute Gasteiger partial charge is 0.348 e. The summed E-state index contributed by atoms with van der Waals surface area (Å²) in [5.74, 6) is -0.288. The molecular weight excluding hydrogens is 178 g/mol. The molecule has 1 aliphatic heterocycles. The molecule has 0 amide bonds. The fourth-order valence-electron chi connectivity index (χ4n) is 2.41. The van der Waals surface area contributed by atoms with Gasteiger partial charge in [0.05, 0.1) is 13.2 Å². The zero-order valence-electron chi connectivity index (χ0n) is 8.63. The van der Waals surface area contributed by atoms with Gasteiger partial charge in [0, 0.05) is 18.4 Å². The summed E-state index contributed by atoms with van der Waals surface area (Å²) in [6.07, 6.45) is 6.60. The molecule has 1 saturated carbocycles. The highest BCUT2D eigenvalue weighted by Gasteiger charge is 2.44. The first-order valence-electron chi connectivity index (χ1n) is 5.36. The van der Waals surface area contributed by atoms with E-state index in [2.05, 4.69) is 6.58 Å². The molecule has 1 spiro atoms. The van der Waals surface area contributed by atoms with Crippen LogP contribution in [-0.2, 0) is 9.47 Å². The van der Waals surface area contributed by atoms with Crippen LogP contribution in [0.2, 0.25) is 0 Å². The lowest BCUT2D eigenvalue weighted by Gasteiger charge is -2.41. The van der Waals surface area contributed by atoms with Crippen molar-refractivity contribution < 1.29 is 9.47 Å². The third-order valence-electron chi connectivity index (χ3n) is 3.37. The topological polar surface area (TPSA) is 44.5 Å². The van der Waals surface area contributed by atoms with Crippen LogP contribution in [-0.4, -0.2) is 24.5 Å². The van der Waals surface area contributed by atoms with E-state index in [4.69, 9.17) is 15.2 Å². The van der Waals surface area contributed by atoms with Crippen LogP contribution in [0, 0.1) is 0 Å². The fraction of sp³-hybridized carbons (Fsp3) is 0.818. The molecule has 3 heteroatoms. The van der Waals surface area contributed by atoms with E-state index in [1.54, 1.807) is 0 Å². The van der Waals surface area contributed by atoms with Gasteiger partial charge in [-0.3, -0.25) is 0 Å². The number of rotatable bonds is 2. The summed E-state index contributed by atoms with van der Waals surface area (Å²) in [5.41, 5.74) is 6.17. The van der Waals surface area contributed by atoms with Gasteiger partial charge in [-0.25, -0.2) is 0 Å². The molecule has 0 radical (unpaired) electrons. The van der Waals surface area contributed by atoms with E-state index in [1.807, 2.05) is 6.08 Å². The SMILES string of the molecule is C=CCC1(N)CCC2(CC1)OCCO2. The summed E-state index contributed by atoms with van der Waals surface area (Å²) < 4.78 is 11.3. The maximum atomic E-state index is 6.24. The molecule has 2 rings (SSSR count). The monoisotopic (exact) mass is 197 g/mol. The Kier molecular flexibility index (Phi) is 2.64. The highest BCUT2D eigenvalue weighted by molar-refractivity contribution is 4.97. The molecule has 0 bridgehead atoms. The van der Waals surface area contributed by atoms with Gasteiger partial charge in [-0.15, -0.1) is 6.58 Å². The molecule has 2 fully saturated rings. The average Bonchev–Trinajstić information content (AvgIpc) is 2.61. The molecule has 1 heterocycles. The quantitative estimate of drug-likeness (QED) is 0.683. The van der Waals surface area contributed by atoms with Crippen LogP contribution in [0.1, 0.15) is 32.1 Å². The van der Waals surface area contributed by atoms with Gasteiger partial charge in [0.25, 0.3) is 0 Å². The minimum absolute atomic E-state index is 0.0672. The molecule has 80 valence electrons. The van der Waals surface area contributed by atoms with Crippen molar-refractivity contribution in [1.29, 1.82) is 0 Å². The molecule has 0 unspecified atom stereocenters. The Labute approximate surface area is 85.3 Å². The van der Waals surface area contributed by atoms with Crippen molar-refractivity contribution in [2.75, 3.05) is 13.2 Å². The maximum Gasteiger partial charge on any atom is 0.168 e. The molecule has 0 aromatic rings. The second-order valence-electron chi connectivity index (χ2n) is 4.46. The molecule has 0 atom stereocenters. The molecule has 2 N–H and O–H groups in total. The van der Waals surface area contributed by atoms with Crippen LogP contribution < -0.4 is 5.73 Å². The summed E-state index contributed by atoms with van der Waals surface area (Å²) in [5, 5.41) is 0. The summed E-state index contributed by atoms with van der Waals surface area (Å²) in [7, 11) is 0. The molecule has 0 aromatic carbocycles. The Morgan fingerprint density at radius 3 is 2.21 bits per heavy atom. The number of hydrogen-bond acceptors (Lipinski definition) is 3. The highest BCUT2D eigenvalue weighted by Crippen LogP contribution is 2.40. The maximum absolute atomic E-state index is 6.24. The van der Waals surface area contributed by atoms with Gasteiger partial charge in [-0.1, -0.05) is 6.08 Å². The van der Waals surface area contributed by atoms with Crippen molar-refractivity contribution in [3.05, 3.63) is 12.7 Å². The summed E-state index contributed by atoms with van der Waals surface area (Å²) in [6.45, 7) is 5.22. The van der Waals surface area contributed by atoms with Crippen molar-refractivity contribution >= 4 is 0 Å². The fourth-order valence-corrected chi connectivity index (χ4v) is 2.41. The van der Waals surface area contributed by atoms with Crippen molar-refractivity contribution in [3.63, 3.8) is 0 Å². The van der Waals surface area contributed by atoms with E-state index in [1.165, 1.54) is 0 Å². The molecule has 3 nitrogen and oxygen atoms in total. The van der Waals surface area contributed by atoms with Crippen molar-refractivity contribution in [2.24, 2.45) is 5.73 Å². The lowest BCUT2D eigenvalue weighted by molar-refractivity contribution is -0.184. The van der Waals surface area contributed by atoms with E-state index in [0.717, 1.165) is 45.3 Å². The lowest BCUT2D eigenvalue weighted by Crippen LogP contribution is -2.48. The molecular formula is C11H19NO2. The van der Waals surface area contributed by atoms with Gasteiger partial charge >= 0.3 is 0 Å². The zero-order chi connectivity index (χ0) is 10.1. The summed E-state index contributed by atoms with van der Waals surface area (Å²) in [6, 6.07) is 0. The number of ether oxygens (including phenoxy) is 2. The van der Waals surface area contributed by atoms with Gasteiger partial charge in [0.1, 0.15) is 0 Å². The van der Waals surface area contributed by atoms with E-state index in [-0.39, 0.29) is 11.3 Å². The average molecular weight is 197 g/mol. The van der Waals surface area contributed by atoms with Gasteiger partial charge in [0.15, 0.2) is 5.79 Å². The first-order chi connectivity index (χ1) is 6.68. The van der Waals surface area contributed by atoms with Crippen molar-refractivity contribution in [2.45, 2.75) is 43.4 Å². The van der Waals surface area contributed by atoms with Gasteiger partial charge in [0.2, 0.25) is 0 Å². The number of nitrogens with two attached hydrogens (primary N) is 1. The van der Waals surface area contributed by atoms with Crippen molar-refractivity contribution in [1.82, 2.24) is 0 Å². The normalized spacial score (nSPS) is 29.2. The smallest absolute Gasteiger partial charge is 0.168 e. The molecule has 1 saturated heterocycles. The molecule has 0 aromatic heterocycles. The van der Waals surface area contributed by atoms with Crippen LogP contribution in [0.5, 0.6) is 0 Å². The van der Waals surface area contributed by atoms with Crippen LogP contribution in [0.4, 0.5) is 0 Å². The first-order valence-corrected chi connectivity index (χ1v) is 5.36. The Bertz CT molecular complexity index is 211. The van der Waals surface area contributed by atoms with Gasteiger partial charge < -0.3 is 15.2 Å². The van der Waals surface area contributed by atoms with Gasteiger partial charge in [-0.2, -0.15) is 0 Å². The van der Waals surface area contributed by atoms with E-state index >= 15 is 0 Å². The van der Waals surface area contributed by atoms with E-state index < -0.39 is 0 Å². The lowest BCUT2D eigenvalue weighted by atomic mass is 9.77. The molecule has 14 heavy (non-hydrogen) atoms. The summed E-state index contributed by atoms with van der Waals surface area (Å²) >= 11 is 0. The van der Waals surface area contributed by atoms with E-state index in [0.29, 0.717) is 0 Å². The molecule has 2 aliphatic rings. The molecule has 1 aliphatic carbocycles. The first kappa shape index (κ1) is 10.1. The van der Waals surface area contributed by atoms with Crippen molar-refractivity contribution in [3.8, 4) is 0 Å². The Balaban J connectivity index is 1.93. The number of hydrogen-bond donors (Lipinski definition) is 1. The minimum atomic E-state index is -0.288. The highest BCUT2D eigenvalue weighted by atomic mass is 16.7. The minimum Gasteiger partial charge on any atom is -0.348 e. The van der Waals surface area contributed by atoms with Gasteiger partial charge in [-0.05, 0) is 19.3 Å². The Morgan fingerprint density at radius 1 is 1.14 bits per heavy atom. The van der Waals surface area contributed by atoms with Crippen LogP contribution >= 0.6 is 0 Å². The second kappa shape index (κ2) is 3.65. The standard InChI is InChI=1S/C11H19NO2/c1-2-3-10(12)4-6-11(7-5-10)13-8-9-14-11/h2H,1,3-9,12H2. The Morgan fingerprint density at radius 2 is 1.71 bits per heavy atom. The summed E-state index contributed by atoms with van der Waals surface area (Å²) in [4.78, 5) is 0. The predicted octanol–water partition coefficient (Wildman–Crippen LogP) is 1.58. The Hall–Kier alpha value is -0.380. The third-order valence-corrected chi connectivity index (χ3v) is 3.37. The van der Waals surface area contributed by atoms with Crippen LogP contribution in [0.3, 0.4) is 0 Å². The predicted molar refractivity (Wildman–Crippen MR) is 54.8 cm³/mol. The second-order valence-corrected chi connectivity index (χ2v) is 4.46. The van der Waals surface area contributed by atoms with Crippen LogP contribution in [0.15, 0.2) is 12.7 Å². The van der Waals surface area contributed by atoms with E-state index in [9.17, 15) is 0 Å². The third kappa shape index (κ3) is 1.85.